The van der Waals surface area contributed by atoms with Crippen LogP contribution in [0.5, 0.6) is 0 Å². The largest absolute Gasteiger partial charge is 0.394 e. The molecule has 0 aliphatic rings. The van der Waals surface area contributed by atoms with Gasteiger partial charge in [-0.1, -0.05) is 178 Å². The Balaban J connectivity index is 3.71. The minimum absolute atomic E-state index is 0.164. The van der Waals surface area contributed by atoms with Gasteiger partial charge in [-0.3, -0.25) is 4.79 Å². The van der Waals surface area contributed by atoms with Crippen LogP contribution in [0.2, 0.25) is 0 Å². The van der Waals surface area contributed by atoms with E-state index in [4.69, 9.17) is 0 Å². The Hall–Kier alpha value is -1.69. The second-order valence-corrected chi connectivity index (χ2v) is 14.9. The van der Waals surface area contributed by atoms with Crippen molar-refractivity contribution >= 4 is 5.91 Å². The zero-order valence-corrected chi connectivity index (χ0v) is 33.7. The number of hydrogen-bond donors (Lipinski definition) is 4. The number of hydrogen-bond acceptors (Lipinski definition) is 4. The lowest BCUT2D eigenvalue weighted by Crippen LogP contribution is -2.50. The molecule has 0 heterocycles. The van der Waals surface area contributed by atoms with Crippen molar-refractivity contribution in [3.8, 4) is 0 Å². The number of aliphatic hydroxyl groups excluding tert-OH is 3. The number of carbonyl (C=O) groups is 1. The zero-order valence-electron chi connectivity index (χ0n) is 33.7. The maximum Gasteiger partial charge on any atom is 0.220 e. The van der Waals surface area contributed by atoms with Crippen molar-refractivity contribution in [2.24, 2.45) is 0 Å². The van der Waals surface area contributed by atoms with E-state index in [0.29, 0.717) is 12.8 Å². The summed E-state index contributed by atoms with van der Waals surface area (Å²) in [6.07, 6.45) is 52.1. The van der Waals surface area contributed by atoms with Crippen LogP contribution < -0.4 is 5.32 Å². The minimum atomic E-state index is -1.17. The summed E-state index contributed by atoms with van der Waals surface area (Å²) in [6, 6.07) is -0.835. The second kappa shape index (κ2) is 41.1. The average Bonchev–Trinajstić information content (AvgIpc) is 3.13. The summed E-state index contributed by atoms with van der Waals surface area (Å²) >= 11 is 0. The maximum absolute atomic E-state index is 12.4. The number of unbranched alkanes of at least 4 members (excludes halogenated alkanes) is 24. The molecule has 0 fully saturated rings. The first-order valence-corrected chi connectivity index (χ1v) is 21.9. The molecule has 4 N–H and O–H groups in total. The summed E-state index contributed by atoms with van der Waals surface area (Å²) in [6.45, 7) is 4.13. The number of rotatable bonds is 39. The number of nitrogens with one attached hydrogen (secondary N) is 1. The molecule has 0 bridgehead atoms. The van der Waals surface area contributed by atoms with Gasteiger partial charge in [0.25, 0.3) is 0 Å². The first-order chi connectivity index (χ1) is 25.1. The highest BCUT2D eigenvalue weighted by atomic mass is 16.3. The van der Waals surface area contributed by atoms with Crippen LogP contribution in [0.25, 0.3) is 0 Å². The summed E-state index contributed by atoms with van der Waals surface area (Å²) in [7, 11) is 0. The Kier molecular flexibility index (Phi) is 39.7. The van der Waals surface area contributed by atoms with Gasteiger partial charge in [0.05, 0.1) is 18.8 Å². The van der Waals surface area contributed by atoms with Gasteiger partial charge in [0, 0.05) is 6.42 Å². The minimum Gasteiger partial charge on any atom is -0.394 e. The van der Waals surface area contributed by atoms with E-state index in [9.17, 15) is 20.1 Å². The van der Waals surface area contributed by atoms with Crippen LogP contribution in [0.4, 0.5) is 0 Å². The van der Waals surface area contributed by atoms with Gasteiger partial charge < -0.3 is 20.6 Å². The van der Waals surface area contributed by atoms with Crippen LogP contribution >= 0.6 is 0 Å². The fourth-order valence-corrected chi connectivity index (χ4v) is 6.46. The molecule has 0 rings (SSSR count). The van der Waals surface area contributed by atoms with Gasteiger partial charge in [0.2, 0.25) is 5.91 Å². The Morgan fingerprint density at radius 3 is 1.35 bits per heavy atom. The fourth-order valence-electron chi connectivity index (χ4n) is 6.46. The van der Waals surface area contributed by atoms with Gasteiger partial charge in [0.1, 0.15) is 6.10 Å². The molecule has 0 radical (unpaired) electrons. The number of amides is 1. The van der Waals surface area contributed by atoms with Crippen LogP contribution in [0, 0.1) is 0 Å². The third-order valence-electron chi connectivity index (χ3n) is 9.91. The summed E-state index contributed by atoms with van der Waals surface area (Å²) in [5.41, 5.74) is 0. The van der Waals surface area contributed by atoms with Crippen molar-refractivity contribution in [1.29, 1.82) is 0 Å². The lowest BCUT2D eigenvalue weighted by molar-refractivity contribution is -0.124. The molecule has 0 spiro atoms. The van der Waals surface area contributed by atoms with Gasteiger partial charge >= 0.3 is 0 Å². The number of allylic oxidation sites excluding steroid dienone is 8. The van der Waals surface area contributed by atoms with Gasteiger partial charge in [0.15, 0.2) is 0 Å². The van der Waals surface area contributed by atoms with Crippen LogP contribution in [0.15, 0.2) is 48.6 Å². The van der Waals surface area contributed by atoms with E-state index in [0.717, 1.165) is 44.9 Å². The fraction of sp³-hybridized carbons (Fsp3) is 0.804. The number of aliphatic hydroxyl groups is 3. The summed E-state index contributed by atoms with van der Waals surface area (Å²) in [4.78, 5) is 12.4. The van der Waals surface area contributed by atoms with Crippen molar-refractivity contribution in [3.63, 3.8) is 0 Å². The molecule has 0 aromatic rings. The quantitative estimate of drug-likeness (QED) is 0.0290. The standard InChI is InChI=1S/C46H85NO4/c1-3-5-7-9-11-13-15-17-19-21-23-25-27-29-31-33-35-37-39-41-45(50)47-43(42-48)46(51)44(49)40-38-36-34-32-30-28-26-24-22-20-18-16-14-12-10-8-6-4-2/h11,13,15,17,24,26,32,34,43-44,46,48-49,51H,3-10,12,14,16,18-23,25,27-31,33,35-42H2,1-2H3,(H,47,50)/b13-11-,17-15-,26-24+,34-32+. The van der Waals surface area contributed by atoms with E-state index < -0.39 is 18.2 Å². The predicted molar refractivity (Wildman–Crippen MR) is 222 cm³/mol. The molecule has 0 aliphatic carbocycles. The Morgan fingerprint density at radius 1 is 0.490 bits per heavy atom. The first-order valence-electron chi connectivity index (χ1n) is 21.9. The van der Waals surface area contributed by atoms with Crippen molar-refractivity contribution in [3.05, 3.63) is 48.6 Å². The molecule has 3 atom stereocenters. The van der Waals surface area contributed by atoms with E-state index in [-0.39, 0.29) is 12.5 Å². The van der Waals surface area contributed by atoms with E-state index in [1.54, 1.807) is 0 Å². The summed E-state index contributed by atoms with van der Waals surface area (Å²) in [5, 5.41) is 33.5. The molecule has 3 unspecified atom stereocenters. The number of carbonyl (C=O) groups excluding carboxylic acids is 1. The SMILES string of the molecule is CCCCC/C=C\C=C/CCCCCCCCCCCCC(=O)NC(CO)C(O)C(O)CCC/C=C/CC/C=C/CCCCCCCCCCC. The Morgan fingerprint density at radius 2 is 0.863 bits per heavy atom. The molecule has 51 heavy (non-hydrogen) atoms. The van der Waals surface area contributed by atoms with Crippen LogP contribution in [-0.2, 0) is 4.79 Å². The molecule has 0 aliphatic heterocycles. The molecule has 0 aromatic heterocycles. The van der Waals surface area contributed by atoms with Gasteiger partial charge in [-0.15, -0.1) is 0 Å². The van der Waals surface area contributed by atoms with Crippen molar-refractivity contribution in [2.75, 3.05) is 6.61 Å². The highest BCUT2D eigenvalue weighted by molar-refractivity contribution is 5.76. The highest BCUT2D eigenvalue weighted by Crippen LogP contribution is 2.14. The second-order valence-electron chi connectivity index (χ2n) is 14.9. The Bertz CT molecular complexity index is 835. The smallest absolute Gasteiger partial charge is 0.220 e. The molecule has 0 saturated heterocycles. The van der Waals surface area contributed by atoms with E-state index in [1.807, 2.05) is 0 Å². The van der Waals surface area contributed by atoms with E-state index >= 15 is 0 Å². The molecule has 298 valence electrons. The van der Waals surface area contributed by atoms with Crippen LogP contribution in [0.3, 0.4) is 0 Å². The lowest BCUT2D eigenvalue weighted by atomic mass is 10.0. The maximum atomic E-state index is 12.4. The molecule has 1 amide bonds. The van der Waals surface area contributed by atoms with Crippen molar-refractivity contribution in [2.45, 2.75) is 231 Å². The zero-order chi connectivity index (χ0) is 37.3. The molecule has 5 nitrogen and oxygen atoms in total. The van der Waals surface area contributed by atoms with Gasteiger partial charge in [-0.05, 0) is 77.0 Å². The molecular formula is C46H85NO4. The van der Waals surface area contributed by atoms with Crippen molar-refractivity contribution in [1.82, 2.24) is 5.32 Å². The lowest BCUT2D eigenvalue weighted by Gasteiger charge is -2.26. The molecule has 5 heteroatoms. The molecule has 0 aromatic carbocycles. The topological polar surface area (TPSA) is 89.8 Å². The average molecular weight is 716 g/mol. The van der Waals surface area contributed by atoms with Crippen LogP contribution in [0.1, 0.15) is 213 Å². The van der Waals surface area contributed by atoms with E-state index in [1.165, 1.54) is 141 Å². The third kappa shape index (κ3) is 36.5. The van der Waals surface area contributed by atoms with Gasteiger partial charge in [-0.2, -0.15) is 0 Å². The van der Waals surface area contributed by atoms with Crippen molar-refractivity contribution < 1.29 is 20.1 Å². The molecule has 0 saturated carbocycles. The van der Waals surface area contributed by atoms with E-state index in [2.05, 4.69) is 67.8 Å². The summed E-state index contributed by atoms with van der Waals surface area (Å²) in [5.74, 6) is -0.164. The first kappa shape index (κ1) is 49.3. The summed E-state index contributed by atoms with van der Waals surface area (Å²) < 4.78 is 0. The molecular weight excluding hydrogens is 631 g/mol. The highest BCUT2D eigenvalue weighted by Gasteiger charge is 2.26. The van der Waals surface area contributed by atoms with Gasteiger partial charge in [-0.25, -0.2) is 0 Å². The Labute approximate surface area is 316 Å². The monoisotopic (exact) mass is 716 g/mol. The third-order valence-corrected chi connectivity index (χ3v) is 9.91. The predicted octanol–water partition coefficient (Wildman–Crippen LogP) is 12.5. The normalized spacial score (nSPS) is 14.1. The van der Waals surface area contributed by atoms with Crippen LogP contribution in [-0.4, -0.2) is 46.1 Å².